The van der Waals surface area contributed by atoms with Gasteiger partial charge in [-0.05, 0) is 22.9 Å². The molecule has 5 nitrogen and oxygen atoms in total. The summed E-state index contributed by atoms with van der Waals surface area (Å²) >= 11 is 3.14. The molecule has 0 saturated heterocycles. The molecular formula is C10H10BrN3O2. The van der Waals surface area contributed by atoms with Gasteiger partial charge in [0.2, 0.25) is 5.82 Å². The molecule has 0 aromatic carbocycles. The number of hydrogen-bond donors (Lipinski definition) is 1. The number of aromatic nitrogens is 1. The van der Waals surface area contributed by atoms with E-state index >= 15 is 0 Å². The van der Waals surface area contributed by atoms with Crippen LogP contribution in [0.4, 0.5) is 11.5 Å². The normalized spacial score (nSPS) is 9.12. The van der Waals surface area contributed by atoms with Crippen LogP contribution >= 0.6 is 15.9 Å². The van der Waals surface area contributed by atoms with Crippen molar-refractivity contribution in [2.24, 2.45) is 0 Å². The maximum absolute atomic E-state index is 10.7. The molecule has 0 amide bonds. The number of nitrogens with zero attached hydrogens (tertiary/aromatic N) is 2. The van der Waals surface area contributed by atoms with Gasteiger partial charge < -0.3 is 5.32 Å². The van der Waals surface area contributed by atoms with Crippen molar-refractivity contribution < 1.29 is 4.92 Å². The predicted molar refractivity (Wildman–Crippen MR) is 65.1 cm³/mol. The first kappa shape index (κ1) is 12.5. The van der Waals surface area contributed by atoms with E-state index < -0.39 is 4.92 Å². The highest BCUT2D eigenvalue weighted by molar-refractivity contribution is 9.10. The monoisotopic (exact) mass is 283 g/mol. The molecule has 1 N–H and O–H groups in total. The summed E-state index contributed by atoms with van der Waals surface area (Å²) < 4.78 is 0.582. The van der Waals surface area contributed by atoms with E-state index in [-0.39, 0.29) is 11.5 Å². The second kappa shape index (κ2) is 6.08. The van der Waals surface area contributed by atoms with Crippen molar-refractivity contribution in [3.05, 3.63) is 26.9 Å². The predicted octanol–water partition coefficient (Wildman–Crippen LogP) is 2.58. The van der Waals surface area contributed by atoms with Gasteiger partial charge in [0, 0.05) is 29.7 Å². The molecule has 1 rings (SSSR count). The van der Waals surface area contributed by atoms with E-state index in [4.69, 9.17) is 0 Å². The van der Waals surface area contributed by atoms with Gasteiger partial charge in [0.25, 0.3) is 0 Å². The van der Waals surface area contributed by atoms with Gasteiger partial charge in [-0.1, -0.05) is 0 Å². The molecule has 84 valence electrons. The average molecular weight is 284 g/mol. The molecule has 1 aromatic heterocycles. The molecule has 0 spiro atoms. The zero-order chi connectivity index (χ0) is 12.0. The number of nitro groups is 1. The van der Waals surface area contributed by atoms with E-state index in [0.29, 0.717) is 17.4 Å². The highest BCUT2D eigenvalue weighted by Gasteiger charge is 2.14. The fourth-order valence-corrected chi connectivity index (χ4v) is 1.39. The lowest BCUT2D eigenvalue weighted by atomic mass is 10.3. The van der Waals surface area contributed by atoms with Gasteiger partial charge in [-0.15, -0.1) is 11.8 Å². The molecule has 16 heavy (non-hydrogen) atoms. The molecule has 1 heterocycles. The van der Waals surface area contributed by atoms with Gasteiger partial charge in [-0.3, -0.25) is 10.1 Å². The van der Waals surface area contributed by atoms with Crippen molar-refractivity contribution in [2.45, 2.75) is 13.3 Å². The molecule has 0 aliphatic heterocycles. The van der Waals surface area contributed by atoms with Crippen molar-refractivity contribution >= 4 is 27.4 Å². The Hall–Kier alpha value is -1.61. The third-order valence-corrected chi connectivity index (χ3v) is 2.18. The Balaban J connectivity index is 2.77. The zero-order valence-corrected chi connectivity index (χ0v) is 10.2. The standard InChI is InChI=1S/C10H10BrN3O2/c1-2-3-4-5-12-10-9(14(15)16)6-8(11)7-13-10/h6-7H,4-5H2,1H3,(H,12,13). The van der Waals surface area contributed by atoms with Crippen molar-refractivity contribution in [1.29, 1.82) is 0 Å². The molecule has 6 heteroatoms. The van der Waals surface area contributed by atoms with Crippen molar-refractivity contribution in [3.63, 3.8) is 0 Å². The highest BCUT2D eigenvalue weighted by atomic mass is 79.9. The molecule has 1 aromatic rings. The maximum atomic E-state index is 10.7. The van der Waals surface area contributed by atoms with E-state index in [0.717, 1.165) is 0 Å². The molecule has 0 aliphatic carbocycles. The Morgan fingerprint density at radius 1 is 1.69 bits per heavy atom. The van der Waals surface area contributed by atoms with Crippen LogP contribution in [0.2, 0.25) is 0 Å². The fraction of sp³-hybridized carbons (Fsp3) is 0.300. The fourth-order valence-electron chi connectivity index (χ4n) is 1.07. The van der Waals surface area contributed by atoms with Crippen molar-refractivity contribution in [1.82, 2.24) is 4.98 Å². The number of rotatable bonds is 4. The number of halogens is 1. The second-order valence-electron chi connectivity index (χ2n) is 2.88. The van der Waals surface area contributed by atoms with Gasteiger partial charge in [-0.2, -0.15) is 0 Å². The summed E-state index contributed by atoms with van der Waals surface area (Å²) in [6.45, 7) is 2.29. The summed E-state index contributed by atoms with van der Waals surface area (Å²) in [6, 6.07) is 1.42. The van der Waals surface area contributed by atoms with Gasteiger partial charge in [0.05, 0.1) is 4.92 Å². The van der Waals surface area contributed by atoms with Crippen LogP contribution in [-0.4, -0.2) is 16.5 Å². The highest BCUT2D eigenvalue weighted by Crippen LogP contribution is 2.24. The smallest absolute Gasteiger partial charge is 0.312 e. The number of nitrogens with one attached hydrogen (secondary N) is 1. The molecule has 0 unspecified atom stereocenters. The van der Waals surface area contributed by atoms with Crippen LogP contribution in [-0.2, 0) is 0 Å². The molecule has 0 fully saturated rings. The minimum Gasteiger partial charge on any atom is -0.363 e. The Morgan fingerprint density at radius 3 is 3.06 bits per heavy atom. The summed E-state index contributed by atoms with van der Waals surface area (Å²) in [5.74, 6) is 5.88. The molecule has 0 atom stereocenters. The summed E-state index contributed by atoms with van der Waals surface area (Å²) in [5.41, 5.74) is -0.0427. The summed E-state index contributed by atoms with van der Waals surface area (Å²) in [4.78, 5) is 14.2. The van der Waals surface area contributed by atoms with Gasteiger partial charge in [0.1, 0.15) is 0 Å². The minimum atomic E-state index is -0.467. The van der Waals surface area contributed by atoms with E-state index in [1.807, 2.05) is 0 Å². The number of pyridine rings is 1. The molecule has 0 radical (unpaired) electrons. The summed E-state index contributed by atoms with van der Waals surface area (Å²) in [5, 5.41) is 13.6. The van der Waals surface area contributed by atoms with Crippen molar-refractivity contribution in [3.8, 4) is 11.8 Å². The first-order chi connectivity index (χ1) is 7.65. The van der Waals surface area contributed by atoms with Crippen LogP contribution in [0.3, 0.4) is 0 Å². The van der Waals surface area contributed by atoms with E-state index in [1.54, 1.807) is 6.92 Å². The van der Waals surface area contributed by atoms with E-state index in [2.05, 4.69) is 38.1 Å². The van der Waals surface area contributed by atoms with Crippen LogP contribution in [0.5, 0.6) is 0 Å². The Bertz CT molecular complexity index is 451. The van der Waals surface area contributed by atoms with Crippen LogP contribution in [0.1, 0.15) is 13.3 Å². The molecular weight excluding hydrogens is 274 g/mol. The Morgan fingerprint density at radius 2 is 2.44 bits per heavy atom. The Labute approximate surface area is 102 Å². The third-order valence-electron chi connectivity index (χ3n) is 1.75. The lowest BCUT2D eigenvalue weighted by Crippen LogP contribution is -2.05. The van der Waals surface area contributed by atoms with Crippen LogP contribution in [0.15, 0.2) is 16.7 Å². The maximum Gasteiger partial charge on any atom is 0.312 e. The van der Waals surface area contributed by atoms with Gasteiger partial charge in [0.15, 0.2) is 0 Å². The van der Waals surface area contributed by atoms with Gasteiger partial charge in [-0.25, -0.2) is 4.98 Å². The number of hydrogen-bond acceptors (Lipinski definition) is 4. The first-order valence-electron chi connectivity index (χ1n) is 4.58. The topological polar surface area (TPSA) is 68.1 Å². The summed E-state index contributed by atoms with van der Waals surface area (Å²) in [6.07, 6.45) is 2.15. The quantitative estimate of drug-likeness (QED) is 0.399. The zero-order valence-electron chi connectivity index (χ0n) is 8.66. The number of anilines is 1. The largest absolute Gasteiger partial charge is 0.363 e. The first-order valence-corrected chi connectivity index (χ1v) is 5.38. The summed E-state index contributed by atoms with van der Waals surface area (Å²) in [7, 11) is 0. The average Bonchev–Trinajstić information content (AvgIpc) is 2.26. The molecule has 0 bridgehead atoms. The van der Waals surface area contributed by atoms with Crippen molar-refractivity contribution in [2.75, 3.05) is 11.9 Å². The molecule has 0 saturated carbocycles. The van der Waals surface area contributed by atoms with Crippen LogP contribution in [0.25, 0.3) is 0 Å². The molecule has 0 aliphatic rings. The van der Waals surface area contributed by atoms with Crippen LogP contribution < -0.4 is 5.32 Å². The van der Waals surface area contributed by atoms with E-state index in [9.17, 15) is 10.1 Å². The lowest BCUT2D eigenvalue weighted by Gasteiger charge is -2.03. The second-order valence-corrected chi connectivity index (χ2v) is 3.80. The SMILES string of the molecule is CC#CCCNc1ncc(Br)cc1[N+](=O)[O-]. The minimum absolute atomic E-state index is 0.0427. The van der Waals surface area contributed by atoms with Gasteiger partial charge >= 0.3 is 5.69 Å². The Kier molecular flexibility index (Phi) is 4.73. The van der Waals surface area contributed by atoms with E-state index in [1.165, 1.54) is 12.3 Å². The third kappa shape index (κ3) is 3.51. The van der Waals surface area contributed by atoms with Crippen LogP contribution in [0, 0.1) is 22.0 Å². The lowest BCUT2D eigenvalue weighted by molar-refractivity contribution is -0.384.